The predicted octanol–water partition coefficient (Wildman–Crippen LogP) is 2.78. The van der Waals surface area contributed by atoms with Crippen molar-refractivity contribution >= 4 is 17.4 Å². The van der Waals surface area contributed by atoms with Crippen LogP contribution < -0.4 is 10.6 Å². The van der Waals surface area contributed by atoms with Crippen LogP contribution in [-0.2, 0) is 6.54 Å². The topological polar surface area (TPSA) is 29.3 Å². The maximum atomic E-state index is 5.84. The van der Waals surface area contributed by atoms with Crippen LogP contribution in [0.4, 0.5) is 5.69 Å². The van der Waals surface area contributed by atoms with Crippen molar-refractivity contribution < 1.29 is 0 Å². The van der Waals surface area contributed by atoms with Gasteiger partial charge in [0.25, 0.3) is 0 Å². The van der Waals surface area contributed by atoms with E-state index in [2.05, 4.69) is 55.6 Å². The summed E-state index contributed by atoms with van der Waals surface area (Å²) < 4.78 is 0. The van der Waals surface area contributed by atoms with Crippen molar-refractivity contribution in [2.45, 2.75) is 37.8 Å². The van der Waals surface area contributed by atoms with E-state index in [9.17, 15) is 0 Å². The second-order valence-corrected chi connectivity index (χ2v) is 6.88. The maximum absolute atomic E-state index is 5.84. The Balaban J connectivity index is 2.28. The quantitative estimate of drug-likeness (QED) is 0.875. The van der Waals surface area contributed by atoms with Gasteiger partial charge in [0.1, 0.15) is 0 Å². The number of hydrogen-bond donors (Lipinski definition) is 1. The molecule has 17 heavy (non-hydrogen) atoms. The highest BCUT2D eigenvalue weighted by Gasteiger charge is 2.23. The molecule has 0 spiro atoms. The van der Waals surface area contributed by atoms with Gasteiger partial charge in [-0.3, -0.25) is 0 Å². The largest absolute Gasteiger partial charge is 0.369 e. The predicted molar refractivity (Wildman–Crippen MR) is 77.8 cm³/mol. The lowest BCUT2D eigenvalue weighted by Gasteiger charge is -2.37. The van der Waals surface area contributed by atoms with Crippen molar-refractivity contribution in [2.24, 2.45) is 5.73 Å². The third-order valence-electron chi connectivity index (χ3n) is 3.22. The normalized spacial score (nSPS) is 25.1. The molecule has 1 aliphatic rings. The summed E-state index contributed by atoms with van der Waals surface area (Å²) in [6, 6.07) is 6.59. The molecule has 2 N–H and O–H groups in total. The highest BCUT2D eigenvalue weighted by atomic mass is 32.2. The molecule has 2 unspecified atom stereocenters. The molecule has 1 heterocycles. The number of nitrogens with two attached hydrogens (primary N) is 1. The van der Waals surface area contributed by atoms with Crippen molar-refractivity contribution in [3.63, 3.8) is 0 Å². The van der Waals surface area contributed by atoms with Crippen LogP contribution in [0.5, 0.6) is 0 Å². The van der Waals surface area contributed by atoms with Gasteiger partial charge >= 0.3 is 0 Å². The Morgan fingerprint density at radius 2 is 1.94 bits per heavy atom. The van der Waals surface area contributed by atoms with E-state index >= 15 is 0 Å². The molecule has 1 aromatic carbocycles. The Morgan fingerprint density at radius 1 is 1.29 bits per heavy atom. The van der Waals surface area contributed by atoms with E-state index in [-0.39, 0.29) is 0 Å². The third kappa shape index (κ3) is 2.96. The lowest BCUT2D eigenvalue weighted by molar-refractivity contribution is 0.723. The van der Waals surface area contributed by atoms with Gasteiger partial charge in [0.2, 0.25) is 0 Å². The summed E-state index contributed by atoms with van der Waals surface area (Å²) >= 11 is 2.08. The van der Waals surface area contributed by atoms with Crippen LogP contribution in [0.25, 0.3) is 0 Å². The number of benzene rings is 1. The van der Waals surface area contributed by atoms with Crippen LogP contribution in [0.15, 0.2) is 18.2 Å². The summed E-state index contributed by atoms with van der Waals surface area (Å²) in [5, 5.41) is 1.40. The smallest absolute Gasteiger partial charge is 0.0415 e. The van der Waals surface area contributed by atoms with Gasteiger partial charge in [0.15, 0.2) is 0 Å². The van der Waals surface area contributed by atoms with Gasteiger partial charge in [-0.25, -0.2) is 0 Å². The van der Waals surface area contributed by atoms with Crippen LogP contribution >= 0.6 is 11.8 Å². The van der Waals surface area contributed by atoms with Crippen molar-refractivity contribution in [3.8, 4) is 0 Å². The Labute approximate surface area is 109 Å². The fourth-order valence-electron chi connectivity index (χ4n) is 2.52. The van der Waals surface area contributed by atoms with E-state index in [0.29, 0.717) is 17.0 Å². The molecule has 3 heteroatoms. The van der Waals surface area contributed by atoms with Crippen molar-refractivity contribution in [2.75, 3.05) is 18.0 Å². The van der Waals surface area contributed by atoms with Gasteiger partial charge in [-0.05, 0) is 24.1 Å². The van der Waals surface area contributed by atoms with Crippen LogP contribution in [0.2, 0.25) is 0 Å². The van der Waals surface area contributed by atoms with E-state index in [1.807, 2.05) is 0 Å². The average Bonchev–Trinajstić information content (AvgIpc) is 2.27. The standard InChI is InChI=1S/C14H22N2S/c1-10-4-5-13(7-15)14(6-10)16-8-11(2)17-12(3)9-16/h4-6,11-12H,7-9,15H2,1-3H3. The summed E-state index contributed by atoms with van der Waals surface area (Å²) in [6.07, 6.45) is 0. The lowest BCUT2D eigenvalue weighted by Crippen LogP contribution is -2.41. The first-order valence-electron chi connectivity index (χ1n) is 6.30. The number of nitrogens with zero attached hydrogens (tertiary/aromatic N) is 1. The summed E-state index contributed by atoms with van der Waals surface area (Å²) in [7, 11) is 0. The summed E-state index contributed by atoms with van der Waals surface area (Å²) in [5.41, 5.74) is 9.77. The lowest BCUT2D eigenvalue weighted by atomic mass is 10.1. The number of rotatable bonds is 2. The summed E-state index contributed by atoms with van der Waals surface area (Å²) in [6.45, 7) is 9.66. The molecule has 0 aliphatic carbocycles. The Bertz CT molecular complexity index is 382. The van der Waals surface area contributed by atoms with Gasteiger partial charge in [0, 0.05) is 35.8 Å². The van der Waals surface area contributed by atoms with Gasteiger partial charge in [-0.2, -0.15) is 11.8 Å². The first-order chi connectivity index (χ1) is 8.10. The van der Waals surface area contributed by atoms with Crippen molar-refractivity contribution in [3.05, 3.63) is 29.3 Å². The van der Waals surface area contributed by atoms with Crippen LogP contribution in [0, 0.1) is 6.92 Å². The molecular formula is C14H22N2S. The molecule has 0 amide bonds. The molecule has 2 rings (SSSR count). The van der Waals surface area contributed by atoms with E-state index in [1.54, 1.807) is 0 Å². The molecule has 1 aliphatic heterocycles. The first kappa shape index (κ1) is 12.8. The number of thioether (sulfide) groups is 1. The number of aryl methyl sites for hydroxylation is 1. The van der Waals surface area contributed by atoms with Gasteiger partial charge in [-0.1, -0.05) is 26.0 Å². The molecule has 0 aromatic heterocycles. The van der Waals surface area contributed by atoms with Gasteiger partial charge < -0.3 is 10.6 Å². The van der Waals surface area contributed by atoms with Gasteiger partial charge in [-0.15, -0.1) is 0 Å². The van der Waals surface area contributed by atoms with Gasteiger partial charge in [0.05, 0.1) is 0 Å². The zero-order valence-corrected chi connectivity index (χ0v) is 11.8. The second kappa shape index (κ2) is 5.32. The average molecular weight is 250 g/mol. The molecule has 1 fully saturated rings. The number of hydrogen-bond acceptors (Lipinski definition) is 3. The highest BCUT2D eigenvalue weighted by Crippen LogP contribution is 2.30. The Morgan fingerprint density at radius 3 is 2.53 bits per heavy atom. The molecule has 0 bridgehead atoms. The molecule has 0 saturated carbocycles. The molecular weight excluding hydrogens is 228 g/mol. The molecule has 1 aromatic rings. The van der Waals surface area contributed by atoms with E-state index in [0.717, 1.165) is 13.1 Å². The first-order valence-corrected chi connectivity index (χ1v) is 7.24. The van der Waals surface area contributed by atoms with Crippen LogP contribution in [-0.4, -0.2) is 23.6 Å². The maximum Gasteiger partial charge on any atom is 0.0415 e. The molecule has 2 nitrogen and oxygen atoms in total. The van der Waals surface area contributed by atoms with E-state index in [1.165, 1.54) is 16.8 Å². The second-order valence-electron chi connectivity index (χ2n) is 5.00. The zero-order valence-electron chi connectivity index (χ0n) is 10.9. The van der Waals surface area contributed by atoms with Crippen molar-refractivity contribution in [1.29, 1.82) is 0 Å². The Hall–Kier alpha value is -0.670. The summed E-state index contributed by atoms with van der Waals surface area (Å²) in [5.74, 6) is 0. The van der Waals surface area contributed by atoms with Crippen LogP contribution in [0.1, 0.15) is 25.0 Å². The minimum Gasteiger partial charge on any atom is -0.369 e. The number of anilines is 1. The van der Waals surface area contributed by atoms with E-state index in [4.69, 9.17) is 5.73 Å². The molecule has 1 saturated heterocycles. The monoisotopic (exact) mass is 250 g/mol. The molecule has 0 radical (unpaired) electrons. The summed E-state index contributed by atoms with van der Waals surface area (Å²) in [4.78, 5) is 2.50. The Kier molecular flexibility index (Phi) is 4.00. The SMILES string of the molecule is Cc1ccc(CN)c(N2CC(C)SC(C)C2)c1. The van der Waals surface area contributed by atoms with E-state index < -0.39 is 0 Å². The van der Waals surface area contributed by atoms with Crippen molar-refractivity contribution in [1.82, 2.24) is 0 Å². The zero-order chi connectivity index (χ0) is 12.4. The minimum atomic E-state index is 0.627. The molecule has 2 atom stereocenters. The third-order valence-corrected chi connectivity index (χ3v) is 4.45. The fourth-order valence-corrected chi connectivity index (χ4v) is 3.84. The fraction of sp³-hybridized carbons (Fsp3) is 0.571. The van der Waals surface area contributed by atoms with Crippen LogP contribution in [0.3, 0.4) is 0 Å². The highest BCUT2D eigenvalue weighted by molar-refractivity contribution is 8.00. The minimum absolute atomic E-state index is 0.627. The molecule has 94 valence electrons.